The summed E-state index contributed by atoms with van der Waals surface area (Å²) in [7, 11) is 0. The summed E-state index contributed by atoms with van der Waals surface area (Å²) < 4.78 is 5.28. The molecule has 116 valence electrons. The lowest BCUT2D eigenvalue weighted by atomic mass is 9.84. The van der Waals surface area contributed by atoms with Gasteiger partial charge in [0.1, 0.15) is 12.0 Å². The molecule has 0 bridgehead atoms. The van der Waals surface area contributed by atoms with Gasteiger partial charge in [-0.3, -0.25) is 4.89 Å². The maximum absolute atomic E-state index is 12.2. The average Bonchev–Trinajstić information content (AvgIpc) is 3.11. The van der Waals surface area contributed by atoms with E-state index in [1.54, 1.807) is 0 Å². The number of rotatable bonds is 3. The van der Waals surface area contributed by atoms with Gasteiger partial charge in [0.15, 0.2) is 0 Å². The molecular formula is C16H17NO5. The molecule has 3 rings (SSSR count). The van der Waals surface area contributed by atoms with Crippen molar-refractivity contribution >= 4 is 12.1 Å². The first kappa shape index (κ1) is 14.6. The monoisotopic (exact) mass is 303 g/mol. The van der Waals surface area contributed by atoms with E-state index < -0.39 is 17.5 Å². The van der Waals surface area contributed by atoms with Crippen molar-refractivity contribution in [2.45, 2.75) is 19.4 Å². The number of carbonyl (C=O) groups excluding carboxylic acids is 2. The van der Waals surface area contributed by atoms with Gasteiger partial charge in [-0.1, -0.05) is 36.4 Å². The van der Waals surface area contributed by atoms with Gasteiger partial charge in [0.25, 0.3) is 0 Å². The number of likely N-dealkylation sites (tertiary alicyclic amines) is 1. The molecule has 1 atom stereocenters. The van der Waals surface area contributed by atoms with Crippen LogP contribution in [0.5, 0.6) is 0 Å². The van der Waals surface area contributed by atoms with E-state index in [0.29, 0.717) is 13.0 Å². The predicted octanol–water partition coefficient (Wildman–Crippen LogP) is 2.36. The van der Waals surface area contributed by atoms with E-state index >= 15 is 0 Å². The van der Waals surface area contributed by atoms with Gasteiger partial charge in [-0.05, 0) is 24.0 Å². The summed E-state index contributed by atoms with van der Waals surface area (Å²) in [5, 5.41) is 8.70. The Morgan fingerprint density at radius 1 is 1.27 bits per heavy atom. The minimum absolute atomic E-state index is 0.186. The van der Waals surface area contributed by atoms with Crippen LogP contribution in [0, 0.1) is 5.41 Å². The normalized spacial score (nSPS) is 23.0. The lowest BCUT2D eigenvalue weighted by Crippen LogP contribution is -2.37. The van der Waals surface area contributed by atoms with Gasteiger partial charge in [-0.2, -0.15) is 5.26 Å². The molecule has 6 nitrogen and oxygen atoms in total. The second-order valence-electron chi connectivity index (χ2n) is 5.63. The minimum Gasteiger partial charge on any atom is -0.445 e. The van der Waals surface area contributed by atoms with Gasteiger partial charge in [0.05, 0.1) is 0 Å². The van der Waals surface area contributed by atoms with E-state index in [1.165, 1.54) is 4.90 Å². The lowest BCUT2D eigenvalue weighted by Gasteiger charge is -2.22. The third-order valence-corrected chi connectivity index (χ3v) is 4.34. The van der Waals surface area contributed by atoms with Crippen molar-refractivity contribution in [2.75, 3.05) is 13.1 Å². The Labute approximate surface area is 127 Å². The van der Waals surface area contributed by atoms with Gasteiger partial charge in [0, 0.05) is 13.1 Å². The summed E-state index contributed by atoms with van der Waals surface area (Å²) in [6, 6.07) is 9.39. The van der Waals surface area contributed by atoms with Crippen molar-refractivity contribution in [1.82, 2.24) is 4.90 Å². The summed E-state index contributed by atoms with van der Waals surface area (Å²) in [5.74, 6) is -0.699. The van der Waals surface area contributed by atoms with E-state index in [0.717, 1.165) is 17.6 Å². The van der Waals surface area contributed by atoms with Crippen LogP contribution in [-0.4, -0.2) is 35.3 Å². The fraction of sp³-hybridized carbons (Fsp3) is 0.375. The third kappa shape index (κ3) is 2.46. The van der Waals surface area contributed by atoms with Gasteiger partial charge in [-0.25, -0.2) is 9.59 Å². The number of fused-ring (bicyclic) bond motifs is 1. The SMILES string of the molecule is O=C(OCc1ccccc1)N1CC2=CCCC2(C(=O)OO)C1. The zero-order valence-corrected chi connectivity index (χ0v) is 12.0. The summed E-state index contributed by atoms with van der Waals surface area (Å²) in [5.41, 5.74) is 0.822. The van der Waals surface area contributed by atoms with Crippen molar-refractivity contribution < 1.29 is 24.5 Å². The number of hydrogen-bond donors (Lipinski definition) is 1. The highest BCUT2D eigenvalue weighted by Crippen LogP contribution is 2.45. The second kappa shape index (κ2) is 5.81. The molecule has 1 saturated heterocycles. The fourth-order valence-electron chi connectivity index (χ4n) is 3.16. The van der Waals surface area contributed by atoms with Crippen molar-refractivity contribution in [2.24, 2.45) is 5.41 Å². The molecule has 1 aliphatic carbocycles. The fourth-order valence-corrected chi connectivity index (χ4v) is 3.16. The second-order valence-corrected chi connectivity index (χ2v) is 5.63. The Bertz CT molecular complexity index is 612. The molecule has 1 aliphatic heterocycles. The number of ether oxygens (including phenoxy) is 1. The van der Waals surface area contributed by atoms with Gasteiger partial charge in [-0.15, -0.1) is 0 Å². The summed E-state index contributed by atoms with van der Waals surface area (Å²) >= 11 is 0. The molecule has 0 radical (unpaired) electrons. The number of allylic oxidation sites excluding steroid dienone is 1. The van der Waals surface area contributed by atoms with Crippen LogP contribution in [-0.2, 0) is 21.0 Å². The topological polar surface area (TPSA) is 76.1 Å². The minimum atomic E-state index is -0.902. The zero-order chi connectivity index (χ0) is 15.6. The first-order chi connectivity index (χ1) is 10.7. The molecule has 0 saturated carbocycles. The molecule has 0 aromatic heterocycles. The molecule has 22 heavy (non-hydrogen) atoms. The van der Waals surface area contributed by atoms with Gasteiger partial charge < -0.3 is 9.64 Å². The van der Waals surface area contributed by atoms with Gasteiger partial charge >= 0.3 is 12.1 Å². The highest BCUT2D eigenvalue weighted by molar-refractivity contribution is 5.84. The van der Waals surface area contributed by atoms with Crippen molar-refractivity contribution in [3.63, 3.8) is 0 Å². The Morgan fingerprint density at radius 3 is 2.77 bits per heavy atom. The van der Waals surface area contributed by atoms with Crippen LogP contribution in [0.3, 0.4) is 0 Å². The lowest BCUT2D eigenvalue weighted by molar-refractivity contribution is -0.243. The van der Waals surface area contributed by atoms with E-state index in [9.17, 15) is 9.59 Å². The van der Waals surface area contributed by atoms with E-state index in [-0.39, 0.29) is 13.2 Å². The summed E-state index contributed by atoms with van der Waals surface area (Å²) in [6.45, 7) is 0.710. The number of benzene rings is 1. The molecule has 2 aliphatic rings. The van der Waals surface area contributed by atoms with Crippen LogP contribution >= 0.6 is 0 Å². The first-order valence-corrected chi connectivity index (χ1v) is 7.17. The predicted molar refractivity (Wildman–Crippen MR) is 76.7 cm³/mol. The zero-order valence-electron chi connectivity index (χ0n) is 12.0. The van der Waals surface area contributed by atoms with Crippen LogP contribution in [0.2, 0.25) is 0 Å². The smallest absolute Gasteiger partial charge is 0.410 e. The summed E-state index contributed by atoms with van der Waals surface area (Å²) in [6.07, 6.45) is 2.76. The quantitative estimate of drug-likeness (QED) is 0.527. The molecular weight excluding hydrogens is 286 g/mol. The molecule has 1 heterocycles. The number of amides is 1. The Morgan fingerprint density at radius 2 is 2.05 bits per heavy atom. The molecule has 1 fully saturated rings. The van der Waals surface area contributed by atoms with Crippen molar-refractivity contribution in [3.8, 4) is 0 Å². The maximum atomic E-state index is 12.2. The molecule has 1 aromatic carbocycles. The number of carbonyl (C=O) groups is 2. The van der Waals surface area contributed by atoms with Gasteiger partial charge in [0.2, 0.25) is 0 Å². The largest absolute Gasteiger partial charge is 0.445 e. The van der Waals surface area contributed by atoms with Crippen molar-refractivity contribution in [1.29, 1.82) is 0 Å². The molecule has 0 spiro atoms. The Hall–Kier alpha value is -2.34. The van der Waals surface area contributed by atoms with Crippen LogP contribution in [0.25, 0.3) is 0 Å². The van der Waals surface area contributed by atoms with E-state index in [1.807, 2.05) is 36.4 Å². The molecule has 1 unspecified atom stereocenters. The number of hydrogen-bond acceptors (Lipinski definition) is 5. The van der Waals surface area contributed by atoms with E-state index in [2.05, 4.69) is 4.89 Å². The summed E-state index contributed by atoms with van der Waals surface area (Å²) in [4.78, 5) is 29.5. The Balaban J connectivity index is 1.64. The molecule has 1 N–H and O–H groups in total. The third-order valence-electron chi connectivity index (χ3n) is 4.34. The van der Waals surface area contributed by atoms with Crippen molar-refractivity contribution in [3.05, 3.63) is 47.5 Å². The highest BCUT2D eigenvalue weighted by atomic mass is 17.1. The van der Waals surface area contributed by atoms with E-state index in [4.69, 9.17) is 9.99 Å². The van der Waals surface area contributed by atoms with Crippen LogP contribution in [0.4, 0.5) is 4.79 Å². The molecule has 6 heteroatoms. The average molecular weight is 303 g/mol. The number of nitrogens with zero attached hydrogens (tertiary/aromatic N) is 1. The Kier molecular flexibility index (Phi) is 3.85. The van der Waals surface area contributed by atoms with Crippen LogP contribution in [0.1, 0.15) is 18.4 Å². The van der Waals surface area contributed by atoms with Crippen LogP contribution in [0.15, 0.2) is 42.0 Å². The highest BCUT2D eigenvalue weighted by Gasteiger charge is 2.53. The maximum Gasteiger partial charge on any atom is 0.410 e. The first-order valence-electron chi connectivity index (χ1n) is 7.17. The van der Waals surface area contributed by atoms with Crippen LogP contribution < -0.4 is 0 Å². The molecule has 1 amide bonds. The molecule has 1 aromatic rings. The standard InChI is InChI=1S/C16H17NO5/c18-14(22-20)16-8-4-7-13(16)9-17(11-16)15(19)21-10-12-5-2-1-3-6-12/h1-3,5-7,20H,4,8-11H2.